The van der Waals surface area contributed by atoms with Crippen molar-refractivity contribution < 1.29 is 30.0 Å². The lowest BCUT2D eigenvalue weighted by atomic mass is 10.0. The number of aliphatic carboxylic acids is 1. The van der Waals surface area contributed by atoms with Gasteiger partial charge >= 0.3 is 5.97 Å². The van der Waals surface area contributed by atoms with E-state index in [1.165, 1.54) is 6.20 Å². The monoisotopic (exact) mass is 312 g/mol. The molecular weight excluding hydrogens is 292 g/mol. The van der Waals surface area contributed by atoms with Crippen LogP contribution in [0.25, 0.3) is 0 Å². The van der Waals surface area contributed by atoms with E-state index in [2.05, 4.69) is 10.3 Å². The smallest absolute Gasteiger partial charge is 0.326 e. The van der Waals surface area contributed by atoms with Gasteiger partial charge in [0.05, 0.1) is 18.9 Å². The number of aliphatic hydroxyl groups is 2. The number of aryl methyl sites for hydroxylation is 1. The van der Waals surface area contributed by atoms with Crippen molar-refractivity contribution in [2.75, 3.05) is 0 Å². The minimum absolute atomic E-state index is 0.0379. The standard InChI is InChI=1S/C8H11NO3.C6H9NO3/c1-5-8(12)7(4-11)6(3-10)2-9-5;1-3-2-4(8)7-5(3)6(9)10/h2,10-12H,3-4H2,1H3;3,5H,2H2,1H3,(H,7,8)(H,9,10)/t;3-,5-/m.0/s1. The Morgan fingerprint density at radius 2 is 2.05 bits per heavy atom. The van der Waals surface area contributed by atoms with Gasteiger partial charge < -0.3 is 25.7 Å². The summed E-state index contributed by atoms with van der Waals surface area (Å²) in [4.78, 5) is 24.8. The summed E-state index contributed by atoms with van der Waals surface area (Å²) >= 11 is 0. The van der Waals surface area contributed by atoms with Crippen molar-refractivity contribution >= 4 is 11.9 Å². The summed E-state index contributed by atoms with van der Waals surface area (Å²) in [6, 6.07) is -0.674. The molecule has 0 bridgehead atoms. The number of nitrogens with one attached hydrogen (secondary N) is 1. The van der Waals surface area contributed by atoms with Gasteiger partial charge in [0.1, 0.15) is 11.8 Å². The number of hydrogen-bond acceptors (Lipinski definition) is 6. The molecule has 8 heteroatoms. The summed E-state index contributed by atoms with van der Waals surface area (Å²) in [5.74, 6) is -1.23. The van der Waals surface area contributed by atoms with E-state index in [9.17, 15) is 14.7 Å². The minimum Gasteiger partial charge on any atom is -0.506 e. The highest BCUT2D eigenvalue weighted by atomic mass is 16.4. The molecule has 0 radical (unpaired) electrons. The summed E-state index contributed by atoms with van der Waals surface area (Å²) in [6.45, 7) is 2.87. The van der Waals surface area contributed by atoms with Crippen molar-refractivity contribution in [2.45, 2.75) is 39.5 Å². The van der Waals surface area contributed by atoms with E-state index >= 15 is 0 Å². The maximum absolute atomic E-state index is 10.6. The van der Waals surface area contributed by atoms with Gasteiger partial charge in [0.15, 0.2) is 0 Å². The predicted molar refractivity (Wildman–Crippen MR) is 75.8 cm³/mol. The number of rotatable bonds is 3. The van der Waals surface area contributed by atoms with Crippen LogP contribution in [0.2, 0.25) is 0 Å². The van der Waals surface area contributed by atoms with Crippen LogP contribution >= 0.6 is 0 Å². The Kier molecular flexibility index (Phi) is 6.26. The van der Waals surface area contributed by atoms with E-state index in [1.54, 1.807) is 13.8 Å². The van der Waals surface area contributed by atoms with E-state index in [1.807, 2.05) is 0 Å². The first-order valence-electron chi connectivity index (χ1n) is 6.72. The van der Waals surface area contributed by atoms with Gasteiger partial charge in [-0.1, -0.05) is 6.92 Å². The second-order valence-electron chi connectivity index (χ2n) is 5.08. The van der Waals surface area contributed by atoms with Gasteiger partial charge in [0.25, 0.3) is 0 Å². The van der Waals surface area contributed by atoms with Crippen LogP contribution in [0.1, 0.15) is 30.2 Å². The topological polar surface area (TPSA) is 140 Å². The largest absolute Gasteiger partial charge is 0.506 e. The molecule has 0 saturated carbocycles. The van der Waals surface area contributed by atoms with Crippen molar-refractivity contribution in [3.63, 3.8) is 0 Å². The number of carboxylic acid groups (broad SMARTS) is 1. The Morgan fingerprint density at radius 3 is 2.41 bits per heavy atom. The zero-order valence-corrected chi connectivity index (χ0v) is 12.4. The third-order valence-corrected chi connectivity index (χ3v) is 3.42. The molecule has 1 saturated heterocycles. The van der Waals surface area contributed by atoms with Gasteiger partial charge in [0, 0.05) is 23.7 Å². The normalized spacial score (nSPS) is 20.1. The van der Waals surface area contributed by atoms with E-state index in [0.29, 0.717) is 23.2 Å². The Balaban J connectivity index is 0.000000224. The SMILES string of the molecule is C[C@H]1CC(=O)N[C@@H]1C(=O)O.Cc1ncc(CO)c(CO)c1O. The molecule has 1 aliphatic rings. The first-order valence-corrected chi connectivity index (χ1v) is 6.72. The van der Waals surface area contributed by atoms with Gasteiger partial charge in [0.2, 0.25) is 5.91 Å². The highest BCUT2D eigenvalue weighted by Crippen LogP contribution is 2.23. The highest BCUT2D eigenvalue weighted by Gasteiger charge is 2.33. The second-order valence-corrected chi connectivity index (χ2v) is 5.08. The van der Waals surface area contributed by atoms with E-state index in [-0.39, 0.29) is 30.8 Å². The molecule has 0 unspecified atom stereocenters. The molecule has 0 aliphatic carbocycles. The number of aromatic nitrogens is 1. The third-order valence-electron chi connectivity index (χ3n) is 3.42. The molecule has 22 heavy (non-hydrogen) atoms. The van der Waals surface area contributed by atoms with Crippen molar-refractivity contribution in [3.05, 3.63) is 23.0 Å². The summed E-state index contributed by atoms with van der Waals surface area (Å²) in [5, 5.41) is 37.9. The molecule has 1 aliphatic heterocycles. The molecule has 1 amide bonds. The number of aromatic hydroxyl groups is 1. The zero-order chi connectivity index (χ0) is 16.9. The van der Waals surface area contributed by atoms with Gasteiger partial charge in [-0.05, 0) is 12.8 Å². The maximum Gasteiger partial charge on any atom is 0.326 e. The molecule has 0 aromatic carbocycles. The minimum atomic E-state index is -0.946. The van der Waals surface area contributed by atoms with Crippen molar-refractivity contribution in [1.29, 1.82) is 0 Å². The Bertz CT molecular complexity index is 561. The predicted octanol–water partition coefficient (Wildman–Crippen LogP) is -0.324. The van der Waals surface area contributed by atoms with E-state index in [4.69, 9.17) is 15.3 Å². The fourth-order valence-corrected chi connectivity index (χ4v) is 2.09. The Morgan fingerprint density at radius 1 is 1.41 bits per heavy atom. The van der Waals surface area contributed by atoms with Crippen LogP contribution in [0.5, 0.6) is 5.75 Å². The van der Waals surface area contributed by atoms with Crippen molar-refractivity contribution in [3.8, 4) is 5.75 Å². The molecule has 5 N–H and O–H groups in total. The molecular formula is C14H20N2O6. The average Bonchev–Trinajstić information content (AvgIpc) is 2.81. The van der Waals surface area contributed by atoms with Crippen LogP contribution in [0.15, 0.2) is 6.20 Å². The van der Waals surface area contributed by atoms with Crippen LogP contribution in [-0.4, -0.2) is 43.3 Å². The number of carbonyl (C=O) groups is 2. The fourth-order valence-electron chi connectivity index (χ4n) is 2.09. The van der Waals surface area contributed by atoms with Crippen LogP contribution in [0, 0.1) is 12.8 Å². The van der Waals surface area contributed by atoms with Crippen molar-refractivity contribution in [1.82, 2.24) is 10.3 Å². The fraction of sp³-hybridized carbons (Fsp3) is 0.500. The zero-order valence-electron chi connectivity index (χ0n) is 12.4. The average molecular weight is 312 g/mol. The van der Waals surface area contributed by atoms with Crippen LogP contribution in [-0.2, 0) is 22.8 Å². The molecule has 1 aromatic heterocycles. The van der Waals surface area contributed by atoms with Crippen LogP contribution in [0.4, 0.5) is 0 Å². The molecule has 2 rings (SSSR count). The van der Waals surface area contributed by atoms with Crippen LogP contribution in [0.3, 0.4) is 0 Å². The van der Waals surface area contributed by atoms with Gasteiger partial charge in [-0.3, -0.25) is 9.78 Å². The molecule has 2 atom stereocenters. The number of amides is 1. The molecule has 8 nitrogen and oxygen atoms in total. The number of nitrogens with zero attached hydrogens (tertiary/aromatic N) is 1. The molecule has 0 spiro atoms. The van der Waals surface area contributed by atoms with E-state index < -0.39 is 12.0 Å². The lowest BCUT2D eigenvalue weighted by molar-refractivity contribution is -0.140. The molecule has 122 valence electrons. The van der Waals surface area contributed by atoms with Gasteiger partial charge in [-0.2, -0.15) is 0 Å². The number of carbonyl (C=O) groups excluding carboxylic acids is 1. The van der Waals surface area contributed by atoms with Crippen LogP contribution < -0.4 is 5.32 Å². The number of aliphatic hydroxyl groups excluding tert-OH is 2. The summed E-state index contributed by atoms with van der Waals surface area (Å²) in [5.41, 5.74) is 1.27. The van der Waals surface area contributed by atoms with Gasteiger partial charge in [-0.25, -0.2) is 4.79 Å². The quantitative estimate of drug-likeness (QED) is 0.515. The van der Waals surface area contributed by atoms with Gasteiger partial charge in [-0.15, -0.1) is 0 Å². The van der Waals surface area contributed by atoms with E-state index in [0.717, 1.165) is 0 Å². The lowest BCUT2D eigenvalue weighted by Gasteiger charge is -2.07. The molecule has 2 heterocycles. The summed E-state index contributed by atoms with van der Waals surface area (Å²) in [7, 11) is 0. The number of carboxylic acids is 1. The molecule has 1 aromatic rings. The lowest BCUT2D eigenvalue weighted by Crippen LogP contribution is -2.35. The number of hydrogen-bond donors (Lipinski definition) is 5. The summed E-state index contributed by atoms with van der Waals surface area (Å²) < 4.78 is 0. The summed E-state index contributed by atoms with van der Waals surface area (Å²) in [6.07, 6.45) is 1.78. The molecule has 1 fully saturated rings. The van der Waals surface area contributed by atoms with Crippen molar-refractivity contribution in [2.24, 2.45) is 5.92 Å². The first-order chi connectivity index (χ1) is 10.3. The first kappa shape index (κ1) is 17.9. The third kappa shape index (κ3) is 4.15. The second kappa shape index (κ2) is 7.71. The Labute approximate surface area is 127 Å². The number of pyridine rings is 1. The maximum atomic E-state index is 10.6. The highest BCUT2D eigenvalue weighted by molar-refractivity contribution is 5.87. The Hall–Kier alpha value is -2.19.